The molecule has 1 amide bonds. The Labute approximate surface area is 517 Å². The van der Waals surface area contributed by atoms with E-state index in [2.05, 4.69) is 35.3 Å². The maximum atomic E-state index is 12.6. The largest absolute Gasteiger partial charge is 0.465 e. The van der Waals surface area contributed by atoms with Crippen molar-refractivity contribution in [3.8, 4) is 31.7 Å². The first-order valence-electron chi connectivity index (χ1n) is 28.4. The van der Waals surface area contributed by atoms with Crippen LogP contribution >= 0.6 is 57.2 Å². The van der Waals surface area contributed by atoms with Crippen molar-refractivity contribution < 1.29 is 53.4 Å². The third-order valence-corrected chi connectivity index (χ3v) is 18.8. The number of halogens is 2. The maximum absolute atomic E-state index is 12.6. The minimum absolute atomic E-state index is 0.140. The van der Waals surface area contributed by atoms with Crippen molar-refractivity contribution in [2.24, 2.45) is 0 Å². The number of aromatic nitrogens is 3. The minimum atomic E-state index is -0.858. The van der Waals surface area contributed by atoms with Gasteiger partial charge in [-0.05, 0) is 114 Å². The van der Waals surface area contributed by atoms with Gasteiger partial charge in [0, 0.05) is 99.2 Å². The second-order valence-corrected chi connectivity index (χ2v) is 25.9. The summed E-state index contributed by atoms with van der Waals surface area (Å²) >= 11 is 13.8. The molecule has 3 saturated heterocycles. The number of methoxy groups -OCH3 is 3. The molecule has 85 heavy (non-hydrogen) atoms. The molecule has 6 aromatic rings. The van der Waals surface area contributed by atoms with Crippen molar-refractivity contribution in [1.29, 1.82) is 0 Å². The number of ether oxygens (including phenoxy) is 4. The zero-order valence-electron chi connectivity index (χ0n) is 48.6. The number of nitrogens with zero attached hydrogens (tertiary/aromatic N) is 7. The SMILES string of the molecule is COC(=O)c1cc(N2CCCC2)ccc1-c1nc2c(s1)C(O)CN(C(=O)OC(C)(C)C)C2.COC(=O)c1cc(N2CCCC2)ccc1-c1nc2c(s1)C(O)CNC2.COC(=O)c1cc(N2CCCC2)ccc1-c1nc2c(s1)C(O)CNC2.ClCCl. The number of carbonyl (C=O) groups excluding carboxylic acids is 4. The van der Waals surface area contributed by atoms with Gasteiger partial charge in [-0.2, -0.15) is 0 Å². The summed E-state index contributed by atoms with van der Waals surface area (Å²) in [6.45, 7) is 14.2. The van der Waals surface area contributed by atoms with E-state index in [0.29, 0.717) is 64.0 Å². The van der Waals surface area contributed by atoms with Gasteiger partial charge in [-0.15, -0.1) is 57.2 Å². The van der Waals surface area contributed by atoms with Gasteiger partial charge in [0.15, 0.2) is 0 Å². The number of amides is 1. The van der Waals surface area contributed by atoms with Crippen molar-refractivity contribution in [3.63, 3.8) is 0 Å². The van der Waals surface area contributed by atoms with Gasteiger partial charge in [-0.1, -0.05) is 0 Å². The zero-order valence-corrected chi connectivity index (χ0v) is 52.5. The van der Waals surface area contributed by atoms with Crippen LogP contribution < -0.4 is 25.3 Å². The van der Waals surface area contributed by atoms with Gasteiger partial charge in [0.1, 0.15) is 38.9 Å². The van der Waals surface area contributed by atoms with E-state index < -0.39 is 36.0 Å². The number of hydrogen-bond acceptors (Lipinski definition) is 22. The molecular formula is C60H73Cl2N9O11S3. The van der Waals surface area contributed by atoms with Gasteiger partial charge in [-0.25, -0.2) is 34.1 Å². The van der Waals surface area contributed by atoms with Crippen molar-refractivity contribution in [3.05, 3.63) is 103 Å². The van der Waals surface area contributed by atoms with Crippen LogP contribution in [0.25, 0.3) is 31.7 Å². The standard InChI is InChI=1S/C23H29N3O5S.2C18H21N3O3S.CH2Cl2/c1-23(2,3)31-22(29)26-12-17-19(18(27)13-26)32-20(24-17)15-8-7-14(25-9-5-6-10-25)11-16(15)21(28)30-4;2*1-24-18(23)13-8-11(21-6-2-3-7-21)4-5-12(13)17-20-14-9-19-10-15(22)16(14)25-17;2-1-3/h7-8,11,18,27H,5-6,9-10,12-13H2,1-4H3;2*4-5,8,15,19,22H,2-3,6-7,9-10H2,1H3;1H2. The van der Waals surface area contributed by atoms with E-state index in [4.69, 9.17) is 47.1 Å². The van der Waals surface area contributed by atoms with Crippen molar-refractivity contribution >= 4 is 98.3 Å². The second kappa shape index (κ2) is 28.7. The highest BCUT2D eigenvalue weighted by molar-refractivity contribution is 7.16. The number of rotatable bonds is 9. The quantitative estimate of drug-likeness (QED) is 0.0514. The maximum Gasteiger partial charge on any atom is 0.410 e. The Morgan fingerprint density at radius 1 is 0.553 bits per heavy atom. The molecule has 3 unspecified atom stereocenters. The molecule has 0 saturated carbocycles. The normalized spacial score (nSPS) is 18.8. The molecule has 9 heterocycles. The molecule has 6 aliphatic heterocycles. The predicted octanol–water partition coefficient (Wildman–Crippen LogP) is 10.1. The van der Waals surface area contributed by atoms with Crippen LogP contribution in [0.1, 0.15) is 140 Å². The number of fused-ring (bicyclic) bond motifs is 3. The fourth-order valence-corrected chi connectivity index (χ4v) is 14.2. The number of nitrogens with one attached hydrogen (secondary N) is 2. The second-order valence-electron chi connectivity index (χ2n) is 22.0. The van der Waals surface area contributed by atoms with Gasteiger partial charge in [0.05, 0.1) is 88.2 Å². The summed E-state index contributed by atoms with van der Waals surface area (Å²) in [5.41, 5.74) is 8.49. The van der Waals surface area contributed by atoms with E-state index in [0.717, 1.165) is 111 Å². The Kier molecular flexibility index (Phi) is 21.4. The number of thiazole rings is 3. The highest BCUT2D eigenvalue weighted by Gasteiger charge is 2.35. The molecule has 25 heteroatoms. The van der Waals surface area contributed by atoms with Gasteiger partial charge in [0.25, 0.3) is 0 Å². The number of esters is 3. The summed E-state index contributed by atoms with van der Waals surface area (Å²) in [6.07, 6.45) is 4.57. The topological polar surface area (TPSA) is 242 Å². The summed E-state index contributed by atoms with van der Waals surface area (Å²) in [5.74, 6) is -1.14. The molecular weight excluding hydrogens is 1190 g/mol. The lowest BCUT2D eigenvalue weighted by atomic mass is 10.1. The van der Waals surface area contributed by atoms with Crippen LogP contribution in [0.2, 0.25) is 0 Å². The average molecular weight is 1260 g/mol. The Morgan fingerprint density at radius 2 is 0.882 bits per heavy atom. The molecule has 6 aliphatic rings. The number of carbonyl (C=O) groups is 4. The molecule has 3 aromatic heterocycles. The predicted molar refractivity (Wildman–Crippen MR) is 333 cm³/mol. The van der Waals surface area contributed by atoms with Crippen molar-refractivity contribution in [2.75, 3.05) is 100 Å². The summed E-state index contributed by atoms with van der Waals surface area (Å²) < 4.78 is 20.5. The van der Waals surface area contributed by atoms with Gasteiger partial charge in [0.2, 0.25) is 0 Å². The molecule has 3 atom stereocenters. The van der Waals surface area contributed by atoms with Gasteiger partial charge >= 0.3 is 24.0 Å². The molecule has 5 N–H and O–H groups in total. The number of anilines is 3. The smallest absolute Gasteiger partial charge is 0.410 e. The Hall–Kier alpha value is -5.99. The summed E-state index contributed by atoms with van der Waals surface area (Å²) in [6, 6.07) is 17.5. The fraction of sp³-hybridized carbons (Fsp3) is 0.483. The molecule has 3 fully saturated rings. The van der Waals surface area contributed by atoms with Crippen LogP contribution in [0.4, 0.5) is 21.9 Å². The summed E-state index contributed by atoms with van der Waals surface area (Å²) in [4.78, 5) is 74.5. The molecule has 0 bridgehead atoms. The number of aliphatic hydroxyl groups excluding tert-OH is 3. The van der Waals surface area contributed by atoms with E-state index in [9.17, 15) is 34.5 Å². The van der Waals surface area contributed by atoms with Crippen LogP contribution in [-0.4, -0.2) is 150 Å². The van der Waals surface area contributed by atoms with Gasteiger partial charge < -0.3 is 59.6 Å². The third kappa shape index (κ3) is 15.1. The minimum Gasteiger partial charge on any atom is -0.465 e. The number of hydrogen-bond donors (Lipinski definition) is 5. The number of aliphatic hydroxyl groups is 3. The van der Waals surface area contributed by atoms with Crippen LogP contribution in [0, 0.1) is 0 Å². The highest BCUT2D eigenvalue weighted by atomic mass is 35.5. The first-order valence-corrected chi connectivity index (χ1v) is 31.9. The summed E-state index contributed by atoms with van der Waals surface area (Å²) in [7, 11) is 4.16. The average Bonchev–Trinajstić information content (AvgIpc) is 3.50. The van der Waals surface area contributed by atoms with E-state index in [1.807, 2.05) is 54.6 Å². The zero-order chi connectivity index (χ0) is 60.5. The lowest BCUT2D eigenvalue weighted by molar-refractivity contribution is 0.00842. The van der Waals surface area contributed by atoms with Crippen LogP contribution in [0.15, 0.2) is 54.6 Å². The fourth-order valence-electron chi connectivity index (χ4n) is 10.9. The number of benzene rings is 3. The molecule has 0 aliphatic carbocycles. The monoisotopic (exact) mass is 1260 g/mol. The molecule has 0 spiro atoms. The molecule has 3 aromatic carbocycles. The van der Waals surface area contributed by atoms with Crippen LogP contribution in [0.5, 0.6) is 0 Å². The van der Waals surface area contributed by atoms with E-state index in [1.165, 1.54) is 85.9 Å². The molecule has 20 nitrogen and oxygen atoms in total. The number of β-amino-alcohol motifs (C(OH)–C–C–N with tert-alkyl or cyclic N) is 3. The molecule has 12 rings (SSSR count). The van der Waals surface area contributed by atoms with Crippen molar-refractivity contribution in [1.82, 2.24) is 30.5 Å². The summed E-state index contributed by atoms with van der Waals surface area (Å²) in [5, 5.41) is 39.6. The molecule has 0 radical (unpaired) electrons. The van der Waals surface area contributed by atoms with Gasteiger partial charge in [-0.3, -0.25) is 4.90 Å². The Morgan fingerprint density at radius 3 is 1.20 bits per heavy atom. The Bertz CT molecular complexity index is 3200. The number of alkyl halides is 2. The lowest BCUT2D eigenvalue weighted by Gasteiger charge is -2.31. The Balaban J connectivity index is 0.000000150. The van der Waals surface area contributed by atoms with E-state index in [-0.39, 0.29) is 30.4 Å². The lowest BCUT2D eigenvalue weighted by Crippen LogP contribution is -2.41. The first-order chi connectivity index (χ1) is 40.9. The van der Waals surface area contributed by atoms with Crippen molar-refractivity contribution in [2.45, 2.75) is 103 Å². The van der Waals surface area contributed by atoms with E-state index >= 15 is 0 Å². The highest BCUT2D eigenvalue weighted by Crippen LogP contribution is 2.41. The van der Waals surface area contributed by atoms with E-state index in [1.54, 1.807) is 20.8 Å². The third-order valence-electron chi connectivity index (χ3n) is 15.1. The molecule has 456 valence electrons. The van der Waals surface area contributed by atoms with Crippen LogP contribution in [-0.2, 0) is 38.6 Å². The van der Waals surface area contributed by atoms with Crippen LogP contribution in [0.3, 0.4) is 0 Å². The first kappa shape index (κ1) is 63.5.